The molecule has 1 atom stereocenters. The summed E-state index contributed by atoms with van der Waals surface area (Å²) in [6.07, 6.45) is 22.8. The predicted octanol–water partition coefficient (Wildman–Crippen LogP) is 11.0. The molecule has 7 heterocycles. The maximum atomic E-state index is 12.7. The summed E-state index contributed by atoms with van der Waals surface area (Å²) in [5.74, 6) is 1.80. The number of piperidine rings is 2. The number of fused-ring (bicyclic) bond motifs is 2. The molecule has 8 aromatic rings. The van der Waals surface area contributed by atoms with E-state index in [1.165, 1.54) is 50.5 Å². The number of amides is 2. The molecular weight excluding hydrogens is 845 g/mol. The number of ether oxygens (including phenoxy) is 1. The van der Waals surface area contributed by atoms with Crippen LogP contribution < -0.4 is 0 Å². The Balaban J connectivity index is 0.000000161. The van der Waals surface area contributed by atoms with Crippen LogP contribution in [0.2, 0.25) is 0 Å². The lowest BCUT2D eigenvalue weighted by molar-refractivity contribution is -0.133. The molecule has 3 aliphatic heterocycles. The predicted molar refractivity (Wildman–Crippen MR) is 270 cm³/mol. The van der Waals surface area contributed by atoms with Gasteiger partial charge in [-0.1, -0.05) is 72.8 Å². The third kappa shape index (κ3) is 11.0. The molecule has 3 fully saturated rings. The van der Waals surface area contributed by atoms with E-state index in [1.54, 1.807) is 0 Å². The number of hydrogen-bond donors (Lipinski definition) is 1. The van der Waals surface area contributed by atoms with E-state index in [-0.39, 0.29) is 6.23 Å². The zero-order valence-electron chi connectivity index (χ0n) is 39.2. The number of nitrogens with one attached hydrogen (secondary N) is 1. The lowest BCUT2D eigenvalue weighted by Gasteiger charge is -2.32. The average Bonchev–Trinajstić information content (AvgIpc) is 4.25. The average molecular weight is 909 g/mol. The van der Waals surface area contributed by atoms with E-state index < -0.39 is 0 Å². The Kier molecular flexibility index (Phi) is 14.2. The van der Waals surface area contributed by atoms with Crippen LogP contribution in [0.25, 0.3) is 44.1 Å². The summed E-state index contributed by atoms with van der Waals surface area (Å²) in [6.45, 7) is 6.34. The van der Waals surface area contributed by atoms with Gasteiger partial charge in [0, 0.05) is 116 Å². The number of aromatic amines is 1. The molecule has 1 unspecified atom stereocenters. The largest absolute Gasteiger partial charge is 0.357 e. The number of H-pyrrole nitrogens is 1. The highest BCUT2D eigenvalue weighted by Gasteiger charge is 2.25. The number of aromatic nitrogens is 6. The third-order valence-electron chi connectivity index (χ3n) is 14.5. The first kappa shape index (κ1) is 45.1. The summed E-state index contributed by atoms with van der Waals surface area (Å²) in [6, 6.07) is 38.3. The van der Waals surface area contributed by atoms with Crippen LogP contribution in [-0.4, -0.2) is 83.5 Å². The molecule has 1 N–H and O–H groups in total. The quantitative estimate of drug-likeness (QED) is 0.124. The number of nitrogens with zero attached hydrogens (tertiary/aromatic N) is 7. The molecule has 68 heavy (non-hydrogen) atoms. The van der Waals surface area contributed by atoms with Crippen LogP contribution in [0, 0.1) is 11.8 Å². The van der Waals surface area contributed by atoms with Crippen molar-refractivity contribution in [1.29, 1.82) is 0 Å². The summed E-state index contributed by atoms with van der Waals surface area (Å²) in [5.41, 5.74) is 9.63. The molecule has 11 heteroatoms. The summed E-state index contributed by atoms with van der Waals surface area (Å²) in [4.78, 5) is 29.5. The minimum atomic E-state index is 0.0675. The molecule has 4 aromatic carbocycles. The summed E-state index contributed by atoms with van der Waals surface area (Å²) >= 11 is 0. The Bertz CT molecular complexity index is 2860. The zero-order valence-corrected chi connectivity index (χ0v) is 39.2. The summed E-state index contributed by atoms with van der Waals surface area (Å²) in [7, 11) is 0. The summed E-state index contributed by atoms with van der Waals surface area (Å²) in [5, 5.41) is 14.0. The molecule has 11 nitrogen and oxygen atoms in total. The Labute approximate surface area is 399 Å². The van der Waals surface area contributed by atoms with Gasteiger partial charge in [-0.25, -0.2) is 4.68 Å². The monoisotopic (exact) mass is 909 g/mol. The van der Waals surface area contributed by atoms with Gasteiger partial charge in [-0.2, -0.15) is 10.2 Å². The Hall–Kier alpha value is -6.72. The molecule has 11 rings (SSSR count). The molecule has 4 aromatic heterocycles. The van der Waals surface area contributed by atoms with Gasteiger partial charge in [0.05, 0.1) is 12.4 Å². The van der Waals surface area contributed by atoms with Crippen LogP contribution in [-0.2, 0) is 40.3 Å². The number of rotatable bonds is 13. The van der Waals surface area contributed by atoms with Crippen LogP contribution in [0.15, 0.2) is 146 Å². The van der Waals surface area contributed by atoms with Crippen LogP contribution in [0.3, 0.4) is 0 Å². The molecule has 0 bridgehead atoms. The second kappa shape index (κ2) is 21.5. The van der Waals surface area contributed by atoms with E-state index in [0.717, 1.165) is 108 Å². The molecule has 0 spiro atoms. The minimum Gasteiger partial charge on any atom is -0.357 e. The lowest BCUT2D eigenvalue weighted by Crippen LogP contribution is -2.39. The van der Waals surface area contributed by atoms with Crippen molar-refractivity contribution >= 4 is 33.6 Å². The SMILES string of the molecule is O=C(CCc1ccccc1)N1CCC(Cn2ccc3cc(-c4cn[nH]c4)ccc32)CC1.O=C(CCc1ccccc1)N1CCC(Cn2ccc3cc(-c4cnn(C5CCCCO5)c4)ccc32)CC1. The van der Waals surface area contributed by atoms with Crippen LogP contribution in [0.1, 0.15) is 75.1 Å². The lowest BCUT2D eigenvalue weighted by atomic mass is 9.96. The maximum Gasteiger partial charge on any atom is 0.222 e. The number of likely N-dealkylation sites (tertiary alicyclic amines) is 2. The van der Waals surface area contributed by atoms with E-state index in [4.69, 9.17) is 4.74 Å². The maximum absolute atomic E-state index is 12.7. The molecular formula is C57H64N8O3. The van der Waals surface area contributed by atoms with Crippen molar-refractivity contribution in [2.45, 2.75) is 89.9 Å². The third-order valence-corrected chi connectivity index (χ3v) is 14.5. The number of carbonyl (C=O) groups is 2. The highest BCUT2D eigenvalue weighted by molar-refractivity contribution is 5.86. The minimum absolute atomic E-state index is 0.0675. The zero-order chi connectivity index (χ0) is 46.1. The highest BCUT2D eigenvalue weighted by atomic mass is 16.5. The number of hydrogen-bond acceptors (Lipinski definition) is 5. The first-order valence-corrected chi connectivity index (χ1v) is 25.0. The fraction of sp³-hybridized carbons (Fsp3) is 0.368. The van der Waals surface area contributed by atoms with Crippen molar-refractivity contribution in [1.82, 2.24) is 38.9 Å². The van der Waals surface area contributed by atoms with Crippen LogP contribution in [0.5, 0.6) is 0 Å². The van der Waals surface area contributed by atoms with Crippen molar-refractivity contribution in [3.63, 3.8) is 0 Å². The fourth-order valence-corrected chi connectivity index (χ4v) is 10.5. The number of aryl methyl sites for hydroxylation is 2. The van der Waals surface area contributed by atoms with Crippen molar-refractivity contribution in [3.8, 4) is 22.3 Å². The first-order chi connectivity index (χ1) is 33.5. The van der Waals surface area contributed by atoms with Crippen LogP contribution >= 0.6 is 0 Å². The Morgan fingerprint density at radius 3 is 1.63 bits per heavy atom. The smallest absolute Gasteiger partial charge is 0.222 e. The van der Waals surface area contributed by atoms with E-state index in [2.05, 4.69) is 126 Å². The van der Waals surface area contributed by atoms with Gasteiger partial charge < -0.3 is 23.7 Å². The van der Waals surface area contributed by atoms with Gasteiger partial charge in [-0.05, 0) is 128 Å². The molecule has 0 saturated carbocycles. The molecule has 0 aliphatic carbocycles. The van der Waals surface area contributed by atoms with Crippen molar-refractivity contribution < 1.29 is 14.3 Å². The second-order valence-corrected chi connectivity index (χ2v) is 19.1. The standard InChI is InChI=1S/C31H36N4O2.C26H28N4O/c36-30(12-9-24-6-2-1-3-7-24)33-16-13-25(14-17-33)22-34-18-15-27-20-26(10-11-29(27)34)28-21-32-35(23-28)31-8-4-5-19-37-31;31-26(9-6-20-4-2-1-3-5-20)29-13-10-21(11-14-29)19-30-15-12-23-16-22(7-8-25(23)30)24-17-27-28-18-24/h1-3,6-7,10-11,15,18,20-21,23,25,31H,4-5,8-9,12-14,16-17,19,22H2;1-5,7-8,12,15-18,21H,6,9-11,13-14,19H2,(H,27,28). The molecule has 3 saturated heterocycles. The van der Waals surface area contributed by atoms with Gasteiger partial charge in [-0.3, -0.25) is 14.7 Å². The number of carbonyl (C=O) groups excluding carboxylic acids is 2. The highest BCUT2D eigenvalue weighted by Crippen LogP contribution is 2.31. The van der Waals surface area contributed by atoms with E-state index in [1.807, 2.05) is 59.7 Å². The van der Waals surface area contributed by atoms with Crippen LogP contribution in [0.4, 0.5) is 0 Å². The van der Waals surface area contributed by atoms with Gasteiger partial charge in [0.2, 0.25) is 11.8 Å². The van der Waals surface area contributed by atoms with Gasteiger partial charge in [0.1, 0.15) is 6.23 Å². The number of benzene rings is 4. The van der Waals surface area contributed by atoms with E-state index in [9.17, 15) is 9.59 Å². The van der Waals surface area contributed by atoms with Crippen molar-refractivity contribution in [2.75, 3.05) is 32.8 Å². The Morgan fingerprint density at radius 1 is 0.588 bits per heavy atom. The van der Waals surface area contributed by atoms with Crippen molar-refractivity contribution in [2.24, 2.45) is 11.8 Å². The van der Waals surface area contributed by atoms with Gasteiger partial charge in [0.25, 0.3) is 0 Å². The van der Waals surface area contributed by atoms with Gasteiger partial charge >= 0.3 is 0 Å². The van der Waals surface area contributed by atoms with Crippen molar-refractivity contribution in [3.05, 3.63) is 158 Å². The Morgan fingerprint density at radius 2 is 1.13 bits per heavy atom. The normalized spacial score (nSPS) is 17.1. The van der Waals surface area contributed by atoms with Gasteiger partial charge in [-0.15, -0.1) is 0 Å². The fourth-order valence-electron chi connectivity index (χ4n) is 10.5. The van der Waals surface area contributed by atoms with Gasteiger partial charge in [0.15, 0.2) is 0 Å². The summed E-state index contributed by atoms with van der Waals surface area (Å²) < 4.78 is 12.6. The topological polar surface area (TPSA) is 106 Å². The molecule has 0 radical (unpaired) electrons. The van der Waals surface area contributed by atoms with E-state index >= 15 is 0 Å². The second-order valence-electron chi connectivity index (χ2n) is 19.1. The molecule has 2 amide bonds. The van der Waals surface area contributed by atoms with E-state index in [0.29, 0.717) is 36.5 Å². The first-order valence-electron chi connectivity index (χ1n) is 25.0. The molecule has 350 valence electrons. The molecule has 3 aliphatic rings.